The van der Waals surface area contributed by atoms with Gasteiger partial charge >= 0.3 is 6.03 Å². The SMILES string of the molecule is CC1CCCC(NC(C)C(=O)NC(N)=O)CC1. The van der Waals surface area contributed by atoms with Gasteiger partial charge in [-0.3, -0.25) is 10.1 Å². The van der Waals surface area contributed by atoms with Crippen molar-refractivity contribution in [1.29, 1.82) is 0 Å². The second kappa shape index (κ2) is 6.59. The third-order valence-electron chi connectivity index (χ3n) is 3.38. The van der Waals surface area contributed by atoms with Gasteiger partial charge in [0.25, 0.3) is 0 Å². The number of amides is 3. The second-order valence-corrected chi connectivity index (χ2v) is 5.05. The highest BCUT2D eigenvalue weighted by atomic mass is 16.2. The van der Waals surface area contributed by atoms with E-state index in [0.717, 1.165) is 18.8 Å². The molecule has 0 aromatic heterocycles. The molecule has 3 amide bonds. The summed E-state index contributed by atoms with van der Waals surface area (Å²) in [6.45, 7) is 4.03. The minimum atomic E-state index is -0.793. The first kappa shape index (κ1) is 14.0. The first-order chi connectivity index (χ1) is 7.99. The Kier molecular flexibility index (Phi) is 5.41. The van der Waals surface area contributed by atoms with Gasteiger partial charge in [-0.1, -0.05) is 19.8 Å². The van der Waals surface area contributed by atoms with Crippen LogP contribution in [0.2, 0.25) is 0 Å². The fourth-order valence-corrected chi connectivity index (χ4v) is 2.31. The number of urea groups is 1. The van der Waals surface area contributed by atoms with Crippen molar-refractivity contribution in [3.63, 3.8) is 0 Å². The summed E-state index contributed by atoms with van der Waals surface area (Å²) in [7, 11) is 0. The van der Waals surface area contributed by atoms with E-state index in [9.17, 15) is 9.59 Å². The lowest BCUT2D eigenvalue weighted by Crippen LogP contribution is -2.49. The highest BCUT2D eigenvalue weighted by Crippen LogP contribution is 2.22. The van der Waals surface area contributed by atoms with Crippen molar-refractivity contribution in [2.24, 2.45) is 11.7 Å². The average Bonchev–Trinajstić information content (AvgIpc) is 2.42. The minimum absolute atomic E-state index is 0.352. The summed E-state index contributed by atoms with van der Waals surface area (Å²) in [6, 6.07) is -0.798. The van der Waals surface area contributed by atoms with Gasteiger partial charge in [0.05, 0.1) is 6.04 Å². The highest BCUT2D eigenvalue weighted by Gasteiger charge is 2.21. The summed E-state index contributed by atoms with van der Waals surface area (Å²) >= 11 is 0. The van der Waals surface area contributed by atoms with Crippen LogP contribution >= 0.6 is 0 Å². The number of nitrogens with two attached hydrogens (primary N) is 1. The van der Waals surface area contributed by atoms with Gasteiger partial charge in [-0.15, -0.1) is 0 Å². The molecule has 0 heterocycles. The van der Waals surface area contributed by atoms with Crippen molar-refractivity contribution in [2.75, 3.05) is 0 Å². The molecule has 1 aliphatic carbocycles. The fourth-order valence-electron chi connectivity index (χ4n) is 2.31. The average molecular weight is 241 g/mol. The first-order valence-corrected chi connectivity index (χ1v) is 6.35. The first-order valence-electron chi connectivity index (χ1n) is 6.35. The second-order valence-electron chi connectivity index (χ2n) is 5.05. The Morgan fingerprint density at radius 3 is 2.59 bits per heavy atom. The number of carbonyl (C=O) groups excluding carboxylic acids is 2. The number of carbonyl (C=O) groups is 2. The molecule has 0 bridgehead atoms. The summed E-state index contributed by atoms with van der Waals surface area (Å²) in [6.07, 6.45) is 5.85. The van der Waals surface area contributed by atoms with E-state index in [0.29, 0.717) is 6.04 Å². The van der Waals surface area contributed by atoms with Gasteiger partial charge in [-0.25, -0.2) is 4.79 Å². The zero-order valence-electron chi connectivity index (χ0n) is 10.7. The van der Waals surface area contributed by atoms with Gasteiger partial charge in [0.1, 0.15) is 0 Å². The van der Waals surface area contributed by atoms with E-state index in [1.165, 1.54) is 19.3 Å². The van der Waals surface area contributed by atoms with Crippen LogP contribution in [0.4, 0.5) is 4.79 Å². The van der Waals surface area contributed by atoms with Crippen molar-refractivity contribution < 1.29 is 9.59 Å². The monoisotopic (exact) mass is 241 g/mol. The number of hydrogen-bond acceptors (Lipinski definition) is 3. The molecule has 0 aliphatic heterocycles. The van der Waals surface area contributed by atoms with Crippen LogP contribution in [0.3, 0.4) is 0 Å². The molecule has 1 aliphatic rings. The molecule has 98 valence electrons. The van der Waals surface area contributed by atoms with Crippen molar-refractivity contribution in [1.82, 2.24) is 10.6 Å². The number of rotatable bonds is 3. The van der Waals surface area contributed by atoms with E-state index in [1.54, 1.807) is 6.92 Å². The normalized spacial score (nSPS) is 26.9. The Labute approximate surface area is 103 Å². The standard InChI is InChI=1S/C12H23N3O2/c1-8-4-3-5-10(7-6-8)14-9(2)11(16)15-12(13)17/h8-10,14H,3-7H2,1-2H3,(H3,13,15,16,17). The van der Waals surface area contributed by atoms with E-state index in [4.69, 9.17) is 5.73 Å². The maximum atomic E-state index is 11.5. The molecule has 3 unspecified atom stereocenters. The lowest BCUT2D eigenvalue weighted by molar-refractivity contribution is -0.121. The zero-order valence-corrected chi connectivity index (χ0v) is 10.7. The van der Waals surface area contributed by atoms with Gasteiger partial charge < -0.3 is 11.1 Å². The summed E-state index contributed by atoms with van der Waals surface area (Å²) in [4.78, 5) is 22.1. The summed E-state index contributed by atoms with van der Waals surface area (Å²) in [5.41, 5.74) is 4.91. The largest absolute Gasteiger partial charge is 0.351 e. The van der Waals surface area contributed by atoms with Crippen LogP contribution < -0.4 is 16.4 Å². The number of imide groups is 1. The Morgan fingerprint density at radius 1 is 1.24 bits per heavy atom. The van der Waals surface area contributed by atoms with Crippen molar-refractivity contribution in [3.05, 3.63) is 0 Å². The van der Waals surface area contributed by atoms with Crippen molar-refractivity contribution in [2.45, 2.75) is 58.0 Å². The maximum absolute atomic E-state index is 11.5. The Hall–Kier alpha value is -1.10. The minimum Gasteiger partial charge on any atom is -0.351 e. The van der Waals surface area contributed by atoms with Crippen LogP contribution in [0, 0.1) is 5.92 Å². The molecule has 0 aromatic carbocycles. The van der Waals surface area contributed by atoms with Crippen molar-refractivity contribution in [3.8, 4) is 0 Å². The quantitative estimate of drug-likeness (QED) is 0.647. The number of hydrogen-bond donors (Lipinski definition) is 3. The molecule has 0 spiro atoms. The summed E-state index contributed by atoms with van der Waals surface area (Å²) in [5, 5.41) is 5.36. The van der Waals surface area contributed by atoms with E-state index in [1.807, 2.05) is 0 Å². The van der Waals surface area contributed by atoms with Crippen LogP contribution in [0.5, 0.6) is 0 Å². The van der Waals surface area contributed by atoms with Crippen LogP contribution in [-0.4, -0.2) is 24.0 Å². The molecular formula is C12H23N3O2. The molecule has 0 saturated heterocycles. The molecule has 1 saturated carbocycles. The molecule has 5 nitrogen and oxygen atoms in total. The van der Waals surface area contributed by atoms with E-state index >= 15 is 0 Å². The fraction of sp³-hybridized carbons (Fsp3) is 0.833. The Bertz CT molecular complexity index is 281. The predicted octanol–water partition coefficient (Wildman–Crippen LogP) is 1.13. The molecule has 4 N–H and O–H groups in total. The van der Waals surface area contributed by atoms with E-state index in [-0.39, 0.29) is 11.9 Å². The van der Waals surface area contributed by atoms with Crippen LogP contribution in [0.25, 0.3) is 0 Å². The van der Waals surface area contributed by atoms with Crippen LogP contribution in [0.1, 0.15) is 46.0 Å². The topological polar surface area (TPSA) is 84.2 Å². The van der Waals surface area contributed by atoms with Gasteiger partial charge in [-0.2, -0.15) is 0 Å². The molecule has 17 heavy (non-hydrogen) atoms. The van der Waals surface area contributed by atoms with Gasteiger partial charge in [-0.05, 0) is 32.1 Å². The van der Waals surface area contributed by atoms with E-state index < -0.39 is 6.03 Å². The van der Waals surface area contributed by atoms with Crippen LogP contribution in [-0.2, 0) is 4.79 Å². The van der Waals surface area contributed by atoms with Gasteiger partial charge in [0.2, 0.25) is 5.91 Å². The van der Waals surface area contributed by atoms with E-state index in [2.05, 4.69) is 17.6 Å². The molecule has 3 atom stereocenters. The molecule has 0 aromatic rings. The van der Waals surface area contributed by atoms with Gasteiger partial charge in [0.15, 0.2) is 0 Å². The smallest absolute Gasteiger partial charge is 0.318 e. The molecule has 5 heteroatoms. The number of primary amides is 1. The van der Waals surface area contributed by atoms with Gasteiger partial charge in [0, 0.05) is 6.04 Å². The molecule has 1 rings (SSSR count). The molecule has 0 radical (unpaired) electrons. The molecular weight excluding hydrogens is 218 g/mol. The third kappa shape index (κ3) is 5.17. The zero-order chi connectivity index (χ0) is 12.8. The molecule has 1 fully saturated rings. The lowest BCUT2D eigenvalue weighted by atomic mass is 10.0. The predicted molar refractivity (Wildman–Crippen MR) is 66.4 cm³/mol. The Balaban J connectivity index is 2.36. The lowest BCUT2D eigenvalue weighted by Gasteiger charge is -2.21. The highest BCUT2D eigenvalue weighted by molar-refractivity contribution is 5.96. The van der Waals surface area contributed by atoms with Crippen LogP contribution in [0.15, 0.2) is 0 Å². The number of nitrogens with one attached hydrogen (secondary N) is 2. The van der Waals surface area contributed by atoms with Crippen molar-refractivity contribution >= 4 is 11.9 Å². The Morgan fingerprint density at radius 2 is 1.94 bits per heavy atom. The maximum Gasteiger partial charge on any atom is 0.318 e. The summed E-state index contributed by atoms with van der Waals surface area (Å²) in [5.74, 6) is 0.423. The third-order valence-corrected chi connectivity index (χ3v) is 3.38. The summed E-state index contributed by atoms with van der Waals surface area (Å²) < 4.78 is 0.